The summed E-state index contributed by atoms with van der Waals surface area (Å²) in [5, 5.41) is 0. The van der Waals surface area contributed by atoms with Gasteiger partial charge in [0, 0.05) is 24.4 Å². The summed E-state index contributed by atoms with van der Waals surface area (Å²) in [6.07, 6.45) is 4.15. The Hall–Kier alpha value is 0.0700. The van der Waals surface area contributed by atoms with Crippen molar-refractivity contribution in [1.82, 2.24) is 4.31 Å². The Labute approximate surface area is 141 Å². The third kappa shape index (κ3) is 12.6. The fourth-order valence-corrected chi connectivity index (χ4v) is 3.79. The zero-order valence-corrected chi connectivity index (χ0v) is 16.9. The second-order valence-electron chi connectivity index (χ2n) is 9.46. The summed E-state index contributed by atoms with van der Waals surface area (Å²) >= 11 is -2.10. The molecule has 0 aromatic heterocycles. The van der Waals surface area contributed by atoms with Gasteiger partial charge in [0.1, 0.15) is 0 Å². The number of hydrogen-bond donors (Lipinski definition) is 0. The molecule has 3 atom stereocenters. The lowest BCUT2D eigenvalue weighted by atomic mass is 9.84. The van der Waals surface area contributed by atoms with Crippen LogP contribution in [0.5, 0.6) is 0 Å². The molecule has 0 rings (SSSR count). The van der Waals surface area contributed by atoms with Crippen molar-refractivity contribution in [3.8, 4) is 0 Å². The zero-order chi connectivity index (χ0) is 17.6. The molecule has 3 unspecified atom stereocenters. The van der Waals surface area contributed by atoms with Crippen LogP contribution in [0.1, 0.15) is 81.1 Å². The molecule has 0 amide bonds. The van der Waals surface area contributed by atoms with E-state index in [-0.39, 0.29) is 0 Å². The van der Waals surface area contributed by atoms with Crippen LogP contribution in [0.4, 0.5) is 0 Å². The van der Waals surface area contributed by atoms with E-state index in [9.17, 15) is 8.76 Å². The first kappa shape index (κ1) is 22.1. The highest BCUT2D eigenvalue weighted by Crippen LogP contribution is 2.27. The lowest BCUT2D eigenvalue weighted by molar-refractivity contribution is 0.257. The van der Waals surface area contributed by atoms with Crippen molar-refractivity contribution < 1.29 is 8.76 Å². The van der Waals surface area contributed by atoms with Gasteiger partial charge in [0.05, 0.1) is 0 Å². The van der Waals surface area contributed by atoms with Crippen molar-refractivity contribution in [2.45, 2.75) is 81.1 Å². The van der Waals surface area contributed by atoms with Crippen LogP contribution in [0, 0.1) is 22.7 Å². The summed E-state index contributed by atoms with van der Waals surface area (Å²) in [6.45, 7) is 19.2. The van der Waals surface area contributed by atoms with Crippen LogP contribution >= 0.6 is 0 Å². The van der Waals surface area contributed by atoms with Gasteiger partial charge in [-0.05, 0) is 48.3 Å². The molecule has 3 nitrogen and oxygen atoms in total. The third-order valence-electron chi connectivity index (χ3n) is 3.88. The zero-order valence-electron chi connectivity index (χ0n) is 16.1. The second-order valence-corrected chi connectivity index (χ2v) is 10.4. The van der Waals surface area contributed by atoms with Gasteiger partial charge in [0.2, 0.25) is 0 Å². The van der Waals surface area contributed by atoms with E-state index in [4.69, 9.17) is 0 Å². The Morgan fingerprint density at radius 3 is 1.41 bits per heavy atom. The first-order valence-electron chi connectivity index (χ1n) is 8.64. The lowest BCUT2D eigenvalue weighted by Gasteiger charge is -2.29. The lowest BCUT2D eigenvalue weighted by Crippen LogP contribution is -2.30. The fourth-order valence-electron chi connectivity index (χ4n) is 3.28. The van der Waals surface area contributed by atoms with Crippen molar-refractivity contribution in [2.75, 3.05) is 13.1 Å². The Kier molecular flexibility index (Phi) is 9.42. The minimum absolute atomic E-state index is 0.308. The van der Waals surface area contributed by atoms with Crippen molar-refractivity contribution in [3.63, 3.8) is 0 Å². The van der Waals surface area contributed by atoms with Crippen molar-refractivity contribution >= 4 is 11.3 Å². The van der Waals surface area contributed by atoms with Crippen LogP contribution in [-0.4, -0.2) is 26.2 Å². The molecular formula is C18H38NO2S-. The average molecular weight is 333 g/mol. The van der Waals surface area contributed by atoms with Crippen LogP contribution < -0.4 is 0 Å². The largest absolute Gasteiger partial charge is 0.760 e. The summed E-state index contributed by atoms with van der Waals surface area (Å²) in [5.41, 5.74) is 0.615. The number of rotatable bonds is 9. The Morgan fingerprint density at radius 1 is 0.864 bits per heavy atom. The average Bonchev–Trinajstić information content (AvgIpc) is 2.23. The van der Waals surface area contributed by atoms with E-state index >= 15 is 0 Å². The summed E-state index contributed by atoms with van der Waals surface area (Å²) in [4.78, 5) is 0. The van der Waals surface area contributed by atoms with Crippen molar-refractivity contribution in [3.05, 3.63) is 0 Å². The first-order valence-corrected chi connectivity index (χ1v) is 9.67. The second kappa shape index (κ2) is 9.39. The highest BCUT2D eigenvalue weighted by molar-refractivity contribution is 7.76. The van der Waals surface area contributed by atoms with Gasteiger partial charge in [-0.2, -0.15) is 0 Å². The molecule has 4 heteroatoms. The van der Waals surface area contributed by atoms with Crippen LogP contribution in [0.3, 0.4) is 0 Å². The maximum Gasteiger partial charge on any atom is 0.0209 e. The number of hydrogen-bond acceptors (Lipinski definition) is 2. The summed E-state index contributed by atoms with van der Waals surface area (Å²) in [5.74, 6) is 1.11. The van der Waals surface area contributed by atoms with E-state index < -0.39 is 11.3 Å². The van der Waals surface area contributed by atoms with E-state index in [1.807, 2.05) is 0 Å². The quantitative estimate of drug-likeness (QED) is 0.557. The van der Waals surface area contributed by atoms with E-state index in [0.29, 0.717) is 35.8 Å². The predicted molar refractivity (Wildman–Crippen MR) is 96.2 cm³/mol. The van der Waals surface area contributed by atoms with Crippen molar-refractivity contribution in [2.24, 2.45) is 22.7 Å². The molecule has 0 radical (unpaired) electrons. The Balaban J connectivity index is 4.25. The molecule has 0 saturated carbocycles. The molecule has 0 aliphatic carbocycles. The van der Waals surface area contributed by atoms with Gasteiger partial charge in [-0.3, -0.25) is 4.21 Å². The monoisotopic (exact) mass is 332 g/mol. The van der Waals surface area contributed by atoms with Crippen LogP contribution in [-0.2, 0) is 11.3 Å². The predicted octanol–water partition coefficient (Wildman–Crippen LogP) is 5.01. The first-order chi connectivity index (χ1) is 9.80. The third-order valence-corrected chi connectivity index (χ3v) is 4.66. The maximum atomic E-state index is 11.4. The minimum Gasteiger partial charge on any atom is -0.760 e. The van der Waals surface area contributed by atoms with Gasteiger partial charge < -0.3 is 4.55 Å². The smallest absolute Gasteiger partial charge is 0.0209 e. The number of nitrogens with zero attached hydrogens (tertiary/aromatic N) is 1. The van der Waals surface area contributed by atoms with Gasteiger partial charge in [-0.1, -0.05) is 55.4 Å². The van der Waals surface area contributed by atoms with E-state index in [1.54, 1.807) is 4.31 Å². The van der Waals surface area contributed by atoms with Gasteiger partial charge in [-0.15, -0.1) is 0 Å². The highest BCUT2D eigenvalue weighted by atomic mass is 32.2. The molecule has 0 aliphatic rings. The summed E-state index contributed by atoms with van der Waals surface area (Å²) in [6, 6.07) is 0. The summed E-state index contributed by atoms with van der Waals surface area (Å²) in [7, 11) is 0. The standard InChI is InChI=1S/C18H39NO2S/c1-15(13-17(3,4)5)9-11-19(22(20)21)12-10-16(2)14-18(6,7)8/h15-16H,9-14H2,1-8H3,(H,20,21)/p-1. The molecule has 0 aromatic carbocycles. The van der Waals surface area contributed by atoms with Gasteiger partial charge in [0.15, 0.2) is 0 Å². The van der Waals surface area contributed by atoms with Crippen molar-refractivity contribution in [1.29, 1.82) is 0 Å². The SMILES string of the molecule is CC(CCN(CCC(C)CC(C)(C)C)S(=O)[O-])CC(C)(C)C. The van der Waals surface area contributed by atoms with E-state index in [2.05, 4.69) is 55.4 Å². The topological polar surface area (TPSA) is 43.4 Å². The highest BCUT2D eigenvalue weighted by Gasteiger charge is 2.18. The van der Waals surface area contributed by atoms with Crippen LogP contribution in [0.25, 0.3) is 0 Å². The van der Waals surface area contributed by atoms with E-state index in [1.165, 1.54) is 0 Å². The van der Waals surface area contributed by atoms with E-state index in [0.717, 1.165) is 25.7 Å². The van der Waals surface area contributed by atoms with Gasteiger partial charge >= 0.3 is 0 Å². The molecule has 0 aromatic rings. The molecule has 0 saturated heterocycles. The van der Waals surface area contributed by atoms with Crippen LogP contribution in [0.2, 0.25) is 0 Å². The van der Waals surface area contributed by atoms with Gasteiger partial charge in [-0.25, -0.2) is 4.31 Å². The normalized spacial score (nSPS) is 17.5. The molecule has 134 valence electrons. The maximum absolute atomic E-state index is 11.4. The minimum atomic E-state index is -2.10. The Morgan fingerprint density at radius 2 is 1.18 bits per heavy atom. The molecule has 0 N–H and O–H groups in total. The molecule has 22 heavy (non-hydrogen) atoms. The molecule has 0 aliphatic heterocycles. The summed E-state index contributed by atoms with van der Waals surface area (Å²) < 4.78 is 24.5. The van der Waals surface area contributed by atoms with Crippen LogP contribution in [0.15, 0.2) is 0 Å². The van der Waals surface area contributed by atoms with Gasteiger partial charge in [0.25, 0.3) is 0 Å². The molecule has 0 spiro atoms. The molecule has 0 bridgehead atoms. The Bertz CT molecular complexity index is 305. The fraction of sp³-hybridized carbons (Fsp3) is 1.00. The molecule has 0 heterocycles. The molecular weight excluding hydrogens is 294 g/mol. The molecule has 0 fully saturated rings.